The van der Waals surface area contributed by atoms with E-state index in [0.29, 0.717) is 30.2 Å². The molecule has 2 N–H and O–H groups in total. The molecular weight excluding hydrogens is 434 g/mol. The van der Waals surface area contributed by atoms with Gasteiger partial charge in [-0.05, 0) is 54.6 Å². The topological polar surface area (TPSA) is 116 Å². The molecular formula is C22H23N3O6S. The van der Waals surface area contributed by atoms with Gasteiger partial charge in [0.15, 0.2) is 0 Å². The largest absolute Gasteiger partial charge is 0.497 e. The van der Waals surface area contributed by atoms with E-state index in [0.717, 1.165) is 0 Å². The highest BCUT2D eigenvalue weighted by molar-refractivity contribution is 7.92. The van der Waals surface area contributed by atoms with Gasteiger partial charge in [0.25, 0.3) is 15.9 Å². The van der Waals surface area contributed by atoms with Crippen LogP contribution in [0.4, 0.5) is 5.69 Å². The summed E-state index contributed by atoms with van der Waals surface area (Å²) in [6, 6.07) is 15.7. The zero-order valence-corrected chi connectivity index (χ0v) is 18.4. The average molecular weight is 458 g/mol. The standard InChI is InChI=1S/C22H23N3O6S/c1-29-14-13-23-22(26)16-3-6-19(7-4-16)31-21-12-5-17(15-24-21)25-32(27,28)20-10-8-18(30-2)9-11-20/h3-12,15,25H,13-14H2,1-2H3,(H,23,26). The Morgan fingerprint density at radius 2 is 1.62 bits per heavy atom. The molecule has 0 saturated heterocycles. The lowest BCUT2D eigenvalue weighted by Crippen LogP contribution is -2.26. The summed E-state index contributed by atoms with van der Waals surface area (Å²) in [5.74, 6) is 1.11. The van der Waals surface area contributed by atoms with Gasteiger partial charge in [0.1, 0.15) is 11.5 Å². The number of ether oxygens (including phenoxy) is 3. The predicted octanol–water partition coefficient (Wildman–Crippen LogP) is 3.06. The number of methoxy groups -OCH3 is 2. The predicted molar refractivity (Wildman–Crippen MR) is 119 cm³/mol. The fourth-order valence-corrected chi connectivity index (χ4v) is 3.68. The van der Waals surface area contributed by atoms with Crippen LogP contribution < -0.4 is 19.5 Å². The summed E-state index contributed by atoms with van der Waals surface area (Å²) in [6.45, 7) is 0.858. The van der Waals surface area contributed by atoms with E-state index in [1.54, 1.807) is 49.6 Å². The van der Waals surface area contributed by atoms with Crippen LogP contribution in [0.15, 0.2) is 71.8 Å². The van der Waals surface area contributed by atoms with E-state index in [1.165, 1.54) is 31.5 Å². The van der Waals surface area contributed by atoms with Crippen LogP contribution in [0, 0.1) is 0 Å². The van der Waals surface area contributed by atoms with Crippen LogP contribution in [0.1, 0.15) is 10.4 Å². The SMILES string of the molecule is COCCNC(=O)c1ccc(Oc2ccc(NS(=O)(=O)c3ccc(OC)cc3)cn2)cc1. The third kappa shape index (κ3) is 6.19. The molecule has 168 valence electrons. The van der Waals surface area contributed by atoms with Crippen molar-refractivity contribution in [2.45, 2.75) is 4.90 Å². The Bertz CT molecular complexity index is 1130. The average Bonchev–Trinajstić information content (AvgIpc) is 2.81. The maximum Gasteiger partial charge on any atom is 0.261 e. The Morgan fingerprint density at radius 3 is 2.22 bits per heavy atom. The lowest BCUT2D eigenvalue weighted by molar-refractivity contribution is 0.0937. The van der Waals surface area contributed by atoms with Gasteiger partial charge in [-0.25, -0.2) is 13.4 Å². The first-order valence-electron chi connectivity index (χ1n) is 9.59. The molecule has 0 radical (unpaired) electrons. The minimum Gasteiger partial charge on any atom is -0.497 e. The molecule has 9 nitrogen and oxygen atoms in total. The summed E-state index contributed by atoms with van der Waals surface area (Å²) in [7, 11) is -0.693. The Balaban J connectivity index is 1.60. The number of hydrogen-bond acceptors (Lipinski definition) is 7. The molecule has 0 aliphatic carbocycles. The molecule has 3 rings (SSSR count). The molecule has 1 heterocycles. The van der Waals surface area contributed by atoms with Crippen molar-refractivity contribution in [2.75, 3.05) is 32.1 Å². The molecule has 2 aromatic carbocycles. The van der Waals surface area contributed by atoms with Gasteiger partial charge < -0.3 is 19.5 Å². The molecule has 3 aromatic rings. The van der Waals surface area contributed by atoms with Crippen molar-refractivity contribution in [2.24, 2.45) is 0 Å². The Labute approximate surface area is 186 Å². The number of nitrogens with one attached hydrogen (secondary N) is 2. The number of rotatable bonds is 10. The molecule has 0 atom stereocenters. The van der Waals surface area contributed by atoms with Crippen LogP contribution in [0.25, 0.3) is 0 Å². The molecule has 10 heteroatoms. The summed E-state index contributed by atoms with van der Waals surface area (Å²) in [5, 5.41) is 2.73. The number of nitrogens with zero attached hydrogens (tertiary/aromatic N) is 1. The molecule has 0 spiro atoms. The fraction of sp³-hybridized carbons (Fsp3) is 0.182. The van der Waals surface area contributed by atoms with E-state index in [2.05, 4.69) is 15.0 Å². The number of hydrogen-bond donors (Lipinski definition) is 2. The van der Waals surface area contributed by atoms with Gasteiger partial charge in [0, 0.05) is 25.3 Å². The van der Waals surface area contributed by atoms with Gasteiger partial charge in [0.05, 0.1) is 30.5 Å². The van der Waals surface area contributed by atoms with Crippen LogP contribution in [-0.4, -0.2) is 46.7 Å². The highest BCUT2D eigenvalue weighted by Gasteiger charge is 2.14. The third-order valence-corrected chi connectivity index (χ3v) is 5.69. The number of carbonyl (C=O) groups is 1. The second-order valence-electron chi connectivity index (χ2n) is 6.54. The summed E-state index contributed by atoms with van der Waals surface area (Å²) in [5.41, 5.74) is 0.779. The lowest BCUT2D eigenvalue weighted by Gasteiger charge is -2.10. The van der Waals surface area contributed by atoms with Crippen LogP contribution in [0.2, 0.25) is 0 Å². The number of carbonyl (C=O) groups excluding carboxylic acids is 1. The first kappa shape index (κ1) is 23.0. The summed E-state index contributed by atoms with van der Waals surface area (Å²) in [4.78, 5) is 16.2. The molecule has 1 amide bonds. The van der Waals surface area contributed by atoms with E-state index in [4.69, 9.17) is 14.2 Å². The molecule has 0 bridgehead atoms. The van der Waals surface area contributed by atoms with Gasteiger partial charge >= 0.3 is 0 Å². The van der Waals surface area contributed by atoms with Crippen molar-refractivity contribution in [1.82, 2.24) is 10.3 Å². The third-order valence-electron chi connectivity index (χ3n) is 4.29. The molecule has 1 aromatic heterocycles. The first-order chi connectivity index (χ1) is 15.4. The van der Waals surface area contributed by atoms with Crippen LogP contribution in [0.3, 0.4) is 0 Å². The highest BCUT2D eigenvalue weighted by atomic mass is 32.2. The molecule has 0 fully saturated rings. The lowest BCUT2D eigenvalue weighted by atomic mass is 10.2. The quantitative estimate of drug-likeness (QED) is 0.450. The molecule has 0 aliphatic rings. The molecule has 0 aliphatic heterocycles. The molecule has 0 unspecified atom stereocenters. The van der Waals surface area contributed by atoms with Gasteiger partial charge in [-0.1, -0.05) is 0 Å². The first-order valence-corrected chi connectivity index (χ1v) is 11.1. The van der Waals surface area contributed by atoms with Crippen molar-refractivity contribution < 1.29 is 27.4 Å². The van der Waals surface area contributed by atoms with Gasteiger partial charge in [-0.3, -0.25) is 9.52 Å². The van der Waals surface area contributed by atoms with Crippen molar-refractivity contribution in [1.29, 1.82) is 0 Å². The number of benzene rings is 2. The van der Waals surface area contributed by atoms with Crippen LogP contribution in [0.5, 0.6) is 17.4 Å². The van der Waals surface area contributed by atoms with Gasteiger partial charge in [-0.15, -0.1) is 0 Å². The number of aromatic nitrogens is 1. The number of sulfonamides is 1. The van der Waals surface area contributed by atoms with Crippen molar-refractivity contribution in [3.63, 3.8) is 0 Å². The van der Waals surface area contributed by atoms with Gasteiger partial charge in [0.2, 0.25) is 5.88 Å². The summed E-state index contributed by atoms with van der Waals surface area (Å²) < 4.78 is 43.0. The minimum absolute atomic E-state index is 0.102. The Hall–Kier alpha value is -3.63. The zero-order valence-electron chi connectivity index (χ0n) is 17.6. The van der Waals surface area contributed by atoms with Crippen LogP contribution in [-0.2, 0) is 14.8 Å². The van der Waals surface area contributed by atoms with E-state index in [1.807, 2.05) is 0 Å². The Morgan fingerprint density at radius 1 is 0.938 bits per heavy atom. The number of pyridine rings is 1. The Kier molecular flexibility index (Phi) is 7.63. The normalized spacial score (nSPS) is 10.9. The maximum atomic E-state index is 12.5. The molecule has 0 saturated carbocycles. The van der Waals surface area contributed by atoms with Gasteiger partial charge in [-0.2, -0.15) is 0 Å². The second-order valence-corrected chi connectivity index (χ2v) is 8.22. The smallest absolute Gasteiger partial charge is 0.261 e. The van der Waals surface area contributed by atoms with E-state index in [-0.39, 0.29) is 22.4 Å². The zero-order chi connectivity index (χ0) is 23.0. The number of amides is 1. The van der Waals surface area contributed by atoms with Crippen LogP contribution >= 0.6 is 0 Å². The van der Waals surface area contributed by atoms with Crippen molar-refractivity contribution in [3.05, 3.63) is 72.4 Å². The van der Waals surface area contributed by atoms with Crippen molar-refractivity contribution >= 4 is 21.6 Å². The van der Waals surface area contributed by atoms with E-state index < -0.39 is 10.0 Å². The molecule has 32 heavy (non-hydrogen) atoms. The summed E-state index contributed by atoms with van der Waals surface area (Å²) >= 11 is 0. The maximum absolute atomic E-state index is 12.5. The minimum atomic E-state index is -3.76. The summed E-state index contributed by atoms with van der Waals surface area (Å²) in [6.07, 6.45) is 1.36. The van der Waals surface area contributed by atoms with E-state index >= 15 is 0 Å². The van der Waals surface area contributed by atoms with Crippen molar-refractivity contribution in [3.8, 4) is 17.4 Å². The fourth-order valence-electron chi connectivity index (χ4n) is 2.63. The van der Waals surface area contributed by atoms with E-state index in [9.17, 15) is 13.2 Å². The highest BCUT2D eigenvalue weighted by Crippen LogP contribution is 2.23. The number of anilines is 1. The second kappa shape index (κ2) is 10.6. The monoisotopic (exact) mass is 457 g/mol.